The Morgan fingerprint density at radius 3 is 2.97 bits per heavy atom. The van der Waals surface area contributed by atoms with Crippen molar-refractivity contribution < 1.29 is 4.79 Å². The normalized spacial score (nSPS) is 16.3. The molecule has 162 valence electrons. The molecule has 1 saturated heterocycles. The fourth-order valence-corrected chi connectivity index (χ4v) is 4.01. The molecule has 1 fully saturated rings. The van der Waals surface area contributed by atoms with Crippen LogP contribution in [0.25, 0.3) is 0 Å². The number of aryl methyl sites for hydroxylation is 3. The fourth-order valence-electron chi connectivity index (χ4n) is 4.01. The maximum atomic E-state index is 12.6. The van der Waals surface area contributed by atoms with Crippen molar-refractivity contribution in [3.8, 4) is 0 Å². The van der Waals surface area contributed by atoms with Crippen LogP contribution < -0.4 is 10.2 Å². The fraction of sp³-hybridized carbons (Fsp3) is 0.435. The molecule has 1 N–H and O–H groups in total. The first kappa shape index (κ1) is 21.0. The lowest BCUT2D eigenvalue weighted by Crippen LogP contribution is -2.43. The van der Waals surface area contributed by atoms with Gasteiger partial charge in [0.05, 0.1) is 18.6 Å². The zero-order valence-corrected chi connectivity index (χ0v) is 17.9. The number of hydrogen-bond acceptors (Lipinski definition) is 6. The van der Waals surface area contributed by atoms with Crippen molar-refractivity contribution in [1.82, 2.24) is 29.8 Å². The number of carbonyl (C=O) groups is 1. The van der Waals surface area contributed by atoms with E-state index in [2.05, 4.69) is 25.2 Å². The molecule has 3 aromatic rings. The van der Waals surface area contributed by atoms with Gasteiger partial charge in [-0.3, -0.25) is 9.78 Å². The first-order chi connectivity index (χ1) is 15.2. The number of nitrogens with zero attached hydrogens (tertiary/aromatic N) is 6. The zero-order valence-electron chi connectivity index (χ0n) is 17.9. The Balaban J connectivity index is 1.40. The molecule has 0 saturated carbocycles. The van der Waals surface area contributed by atoms with Crippen LogP contribution in [-0.2, 0) is 24.3 Å². The van der Waals surface area contributed by atoms with Gasteiger partial charge in [0.15, 0.2) is 0 Å². The zero-order chi connectivity index (χ0) is 21.5. The van der Waals surface area contributed by atoms with Crippen LogP contribution in [-0.4, -0.2) is 43.0 Å². The Hall–Kier alpha value is -3.29. The number of aromatic nitrogens is 5. The second-order valence-electron chi connectivity index (χ2n) is 7.98. The Labute approximate surface area is 182 Å². The summed E-state index contributed by atoms with van der Waals surface area (Å²) in [6, 6.07) is 7.90. The molecule has 0 radical (unpaired) electrons. The van der Waals surface area contributed by atoms with E-state index in [0.717, 1.165) is 61.8 Å². The number of imidazole rings is 1. The van der Waals surface area contributed by atoms with Crippen LogP contribution >= 0.6 is 0 Å². The number of anilines is 1. The lowest BCUT2D eigenvalue weighted by atomic mass is 9.99. The van der Waals surface area contributed by atoms with Gasteiger partial charge in [0.2, 0.25) is 5.91 Å². The largest absolute Gasteiger partial charge is 0.353 e. The molecule has 0 bridgehead atoms. The average molecular weight is 420 g/mol. The maximum absolute atomic E-state index is 12.6. The number of amides is 1. The van der Waals surface area contributed by atoms with Crippen molar-refractivity contribution in [2.24, 2.45) is 0 Å². The SMILES string of the molecule is Cc1cc(N2CCCCC2CC(=O)NCc2ccccn2)nc(CCn2ccnc2)n1. The van der Waals surface area contributed by atoms with Crippen LogP contribution in [0, 0.1) is 6.92 Å². The van der Waals surface area contributed by atoms with Crippen LogP contribution in [0.1, 0.15) is 42.9 Å². The minimum absolute atomic E-state index is 0.0497. The minimum Gasteiger partial charge on any atom is -0.353 e. The van der Waals surface area contributed by atoms with Crippen LogP contribution in [0.2, 0.25) is 0 Å². The van der Waals surface area contributed by atoms with E-state index >= 15 is 0 Å². The molecule has 0 spiro atoms. The van der Waals surface area contributed by atoms with Gasteiger partial charge in [-0.15, -0.1) is 0 Å². The van der Waals surface area contributed by atoms with Crippen LogP contribution in [0.15, 0.2) is 49.2 Å². The monoisotopic (exact) mass is 419 g/mol. The highest BCUT2D eigenvalue weighted by Crippen LogP contribution is 2.26. The molecule has 1 unspecified atom stereocenters. The maximum Gasteiger partial charge on any atom is 0.222 e. The summed E-state index contributed by atoms with van der Waals surface area (Å²) < 4.78 is 2.03. The minimum atomic E-state index is 0.0497. The van der Waals surface area contributed by atoms with E-state index in [1.165, 1.54) is 0 Å². The highest BCUT2D eigenvalue weighted by atomic mass is 16.1. The topological polar surface area (TPSA) is 88.8 Å². The average Bonchev–Trinajstić information content (AvgIpc) is 3.31. The van der Waals surface area contributed by atoms with Crippen LogP contribution in [0.3, 0.4) is 0 Å². The molecule has 0 aliphatic carbocycles. The van der Waals surface area contributed by atoms with E-state index in [1.54, 1.807) is 18.7 Å². The number of hydrogen-bond donors (Lipinski definition) is 1. The van der Waals surface area contributed by atoms with Crippen LogP contribution in [0.5, 0.6) is 0 Å². The quantitative estimate of drug-likeness (QED) is 0.604. The van der Waals surface area contributed by atoms with Crippen molar-refractivity contribution in [3.05, 3.63) is 66.4 Å². The summed E-state index contributed by atoms with van der Waals surface area (Å²) in [7, 11) is 0. The number of piperidine rings is 1. The summed E-state index contributed by atoms with van der Waals surface area (Å²) >= 11 is 0. The molecule has 0 aromatic carbocycles. The Kier molecular flexibility index (Phi) is 6.86. The molecule has 8 nitrogen and oxygen atoms in total. The highest BCUT2D eigenvalue weighted by Gasteiger charge is 2.26. The molecule has 4 rings (SSSR count). The van der Waals surface area contributed by atoms with Gasteiger partial charge in [-0.1, -0.05) is 6.07 Å². The molecule has 3 aromatic heterocycles. The Morgan fingerprint density at radius 2 is 2.16 bits per heavy atom. The van der Waals surface area contributed by atoms with E-state index < -0.39 is 0 Å². The number of pyridine rings is 1. The predicted molar refractivity (Wildman–Crippen MR) is 118 cm³/mol. The third-order valence-electron chi connectivity index (χ3n) is 5.58. The standard InChI is InChI=1S/C23H29N7O/c1-18-14-22(28-21(27-18)8-12-29-13-10-24-17-29)30-11-5-3-7-20(30)15-23(31)26-16-19-6-2-4-9-25-19/h2,4,6,9-10,13-14,17,20H,3,5,7-8,11-12,15-16H2,1H3,(H,26,31). The van der Waals surface area contributed by atoms with E-state index in [-0.39, 0.29) is 11.9 Å². The van der Waals surface area contributed by atoms with Gasteiger partial charge >= 0.3 is 0 Å². The summed E-state index contributed by atoms with van der Waals surface area (Å²) in [5.41, 5.74) is 1.82. The lowest BCUT2D eigenvalue weighted by molar-refractivity contribution is -0.121. The van der Waals surface area contributed by atoms with Crippen molar-refractivity contribution in [1.29, 1.82) is 0 Å². The molecule has 8 heteroatoms. The predicted octanol–water partition coefficient (Wildman–Crippen LogP) is 2.68. The summed E-state index contributed by atoms with van der Waals surface area (Å²) in [6.45, 7) is 4.17. The van der Waals surface area contributed by atoms with E-state index in [4.69, 9.17) is 4.98 Å². The van der Waals surface area contributed by atoms with Crippen LogP contribution in [0.4, 0.5) is 5.82 Å². The van der Waals surface area contributed by atoms with Gasteiger partial charge in [-0.05, 0) is 38.3 Å². The third kappa shape index (κ3) is 5.87. The van der Waals surface area contributed by atoms with Gasteiger partial charge in [-0.25, -0.2) is 15.0 Å². The molecular formula is C23H29N7O. The lowest BCUT2D eigenvalue weighted by Gasteiger charge is -2.36. The Morgan fingerprint density at radius 1 is 1.23 bits per heavy atom. The van der Waals surface area contributed by atoms with Gasteiger partial charge in [0.25, 0.3) is 0 Å². The second-order valence-corrected chi connectivity index (χ2v) is 7.98. The van der Waals surface area contributed by atoms with Crippen molar-refractivity contribution in [2.45, 2.75) is 58.2 Å². The van der Waals surface area contributed by atoms with Crippen molar-refractivity contribution >= 4 is 11.7 Å². The molecule has 1 aliphatic heterocycles. The van der Waals surface area contributed by atoms with Crippen molar-refractivity contribution in [2.75, 3.05) is 11.4 Å². The molecule has 1 amide bonds. The Bertz CT molecular complexity index is 975. The van der Waals surface area contributed by atoms with Gasteiger partial charge in [0, 0.05) is 62.3 Å². The summed E-state index contributed by atoms with van der Waals surface area (Å²) in [6.07, 6.45) is 11.7. The summed E-state index contributed by atoms with van der Waals surface area (Å²) in [4.78, 5) is 32.7. The third-order valence-corrected chi connectivity index (χ3v) is 5.58. The van der Waals surface area contributed by atoms with E-state index in [1.807, 2.05) is 42.0 Å². The molecule has 31 heavy (non-hydrogen) atoms. The molecule has 4 heterocycles. The van der Waals surface area contributed by atoms with Gasteiger partial charge in [-0.2, -0.15) is 0 Å². The number of rotatable bonds is 8. The smallest absolute Gasteiger partial charge is 0.222 e. The highest BCUT2D eigenvalue weighted by molar-refractivity contribution is 5.77. The summed E-state index contributed by atoms with van der Waals surface area (Å²) in [5, 5.41) is 3.01. The molecular weight excluding hydrogens is 390 g/mol. The van der Waals surface area contributed by atoms with Gasteiger partial charge < -0.3 is 14.8 Å². The van der Waals surface area contributed by atoms with Gasteiger partial charge in [0.1, 0.15) is 11.6 Å². The summed E-state index contributed by atoms with van der Waals surface area (Å²) in [5.74, 6) is 1.80. The first-order valence-electron chi connectivity index (χ1n) is 10.9. The van der Waals surface area contributed by atoms with Crippen molar-refractivity contribution in [3.63, 3.8) is 0 Å². The molecule has 1 aliphatic rings. The van der Waals surface area contributed by atoms with E-state index in [0.29, 0.717) is 13.0 Å². The molecule has 1 atom stereocenters. The second kappa shape index (κ2) is 10.1. The number of nitrogens with one attached hydrogen (secondary N) is 1. The first-order valence-corrected chi connectivity index (χ1v) is 10.9. The number of carbonyl (C=O) groups excluding carboxylic acids is 1. The van der Waals surface area contributed by atoms with E-state index in [9.17, 15) is 4.79 Å².